The molecule has 1 aromatic carbocycles. The molecule has 6 heteroatoms. The van der Waals surface area contributed by atoms with Gasteiger partial charge in [-0.25, -0.2) is 4.39 Å². The molecule has 0 amide bonds. The van der Waals surface area contributed by atoms with E-state index in [1.54, 1.807) is 19.1 Å². The lowest BCUT2D eigenvalue weighted by molar-refractivity contribution is 0.241. The summed E-state index contributed by atoms with van der Waals surface area (Å²) in [6.45, 7) is 6.54. The third kappa shape index (κ3) is 3.54. The molecule has 0 aliphatic carbocycles. The summed E-state index contributed by atoms with van der Waals surface area (Å²) in [6.07, 6.45) is 0. The molecular formula is C14H18FN3O2. The fourth-order valence-electron chi connectivity index (χ4n) is 1.91. The molecule has 108 valence electrons. The molecule has 1 atom stereocenters. The van der Waals surface area contributed by atoms with E-state index in [0.29, 0.717) is 23.0 Å². The van der Waals surface area contributed by atoms with Crippen molar-refractivity contribution in [3.63, 3.8) is 0 Å². The zero-order valence-electron chi connectivity index (χ0n) is 11.8. The predicted octanol–water partition coefficient (Wildman–Crippen LogP) is 2.77. The molecule has 0 saturated carbocycles. The standard InChI is InChI=1S/C14H18FN3O2/c1-4-16-9(2)12-6-5-11(7-13(12)15)19-8-14-17-10(3)18-20-14/h5-7,9,16H,4,8H2,1-3H3. The predicted molar refractivity (Wildman–Crippen MR) is 71.9 cm³/mol. The van der Waals surface area contributed by atoms with E-state index < -0.39 is 0 Å². The van der Waals surface area contributed by atoms with Crippen molar-refractivity contribution in [2.24, 2.45) is 0 Å². The molecule has 5 nitrogen and oxygen atoms in total. The van der Waals surface area contributed by atoms with Crippen molar-refractivity contribution in [2.75, 3.05) is 6.54 Å². The van der Waals surface area contributed by atoms with Gasteiger partial charge in [-0.3, -0.25) is 0 Å². The van der Waals surface area contributed by atoms with Crippen LogP contribution in [0.2, 0.25) is 0 Å². The minimum atomic E-state index is -0.294. The van der Waals surface area contributed by atoms with Crippen LogP contribution in [0, 0.1) is 12.7 Å². The Labute approximate surface area is 117 Å². The summed E-state index contributed by atoms with van der Waals surface area (Å²) in [5.74, 6) is 1.06. The van der Waals surface area contributed by atoms with Gasteiger partial charge >= 0.3 is 0 Å². The van der Waals surface area contributed by atoms with Gasteiger partial charge in [0, 0.05) is 17.7 Å². The Morgan fingerprint density at radius 2 is 2.25 bits per heavy atom. The second-order valence-corrected chi connectivity index (χ2v) is 4.49. The lowest BCUT2D eigenvalue weighted by Gasteiger charge is -2.14. The maximum Gasteiger partial charge on any atom is 0.264 e. The highest BCUT2D eigenvalue weighted by atomic mass is 19.1. The molecule has 0 aliphatic heterocycles. The molecule has 0 aliphatic rings. The monoisotopic (exact) mass is 279 g/mol. The largest absolute Gasteiger partial charge is 0.484 e. The zero-order valence-corrected chi connectivity index (χ0v) is 11.8. The number of nitrogens with one attached hydrogen (secondary N) is 1. The molecule has 1 N–H and O–H groups in total. The first-order valence-corrected chi connectivity index (χ1v) is 6.55. The number of aromatic nitrogens is 2. The Morgan fingerprint density at radius 3 is 2.85 bits per heavy atom. The zero-order chi connectivity index (χ0) is 14.5. The van der Waals surface area contributed by atoms with E-state index >= 15 is 0 Å². The SMILES string of the molecule is CCNC(C)c1ccc(OCc2nc(C)no2)cc1F. The number of halogens is 1. The maximum absolute atomic E-state index is 14.0. The van der Waals surface area contributed by atoms with Crippen LogP contribution < -0.4 is 10.1 Å². The van der Waals surface area contributed by atoms with Crippen LogP contribution in [0.5, 0.6) is 5.75 Å². The molecule has 1 heterocycles. The Hall–Kier alpha value is -1.95. The summed E-state index contributed by atoms with van der Waals surface area (Å²) in [4.78, 5) is 4.01. The molecule has 0 saturated heterocycles. The highest BCUT2D eigenvalue weighted by Crippen LogP contribution is 2.22. The van der Waals surface area contributed by atoms with Crippen LogP contribution in [0.25, 0.3) is 0 Å². The van der Waals surface area contributed by atoms with E-state index in [2.05, 4.69) is 15.5 Å². The molecule has 2 rings (SSSR count). The molecule has 2 aromatic rings. The number of benzene rings is 1. The lowest BCUT2D eigenvalue weighted by Crippen LogP contribution is -2.18. The highest BCUT2D eigenvalue weighted by molar-refractivity contribution is 5.30. The molecule has 0 bridgehead atoms. The summed E-state index contributed by atoms with van der Waals surface area (Å²) in [5.41, 5.74) is 0.618. The number of hydrogen-bond donors (Lipinski definition) is 1. The van der Waals surface area contributed by atoms with Crippen molar-refractivity contribution in [3.8, 4) is 5.75 Å². The van der Waals surface area contributed by atoms with Crippen molar-refractivity contribution < 1.29 is 13.7 Å². The second-order valence-electron chi connectivity index (χ2n) is 4.49. The summed E-state index contributed by atoms with van der Waals surface area (Å²) < 4.78 is 24.3. The van der Waals surface area contributed by atoms with Gasteiger partial charge < -0.3 is 14.6 Å². The average molecular weight is 279 g/mol. The third-order valence-corrected chi connectivity index (χ3v) is 2.88. The van der Waals surface area contributed by atoms with Crippen LogP contribution in [0.4, 0.5) is 4.39 Å². The van der Waals surface area contributed by atoms with Crippen LogP contribution in [-0.2, 0) is 6.61 Å². The van der Waals surface area contributed by atoms with E-state index in [1.165, 1.54) is 6.07 Å². The molecule has 0 fully saturated rings. The van der Waals surface area contributed by atoms with Gasteiger partial charge in [0.25, 0.3) is 5.89 Å². The molecular weight excluding hydrogens is 261 g/mol. The van der Waals surface area contributed by atoms with Gasteiger partial charge in [-0.15, -0.1) is 0 Å². The van der Waals surface area contributed by atoms with Crippen LogP contribution in [0.15, 0.2) is 22.7 Å². The normalized spacial score (nSPS) is 12.4. The lowest BCUT2D eigenvalue weighted by atomic mass is 10.1. The molecule has 0 spiro atoms. The molecule has 0 radical (unpaired) electrons. The summed E-state index contributed by atoms with van der Waals surface area (Å²) >= 11 is 0. The van der Waals surface area contributed by atoms with Gasteiger partial charge in [0.15, 0.2) is 12.4 Å². The van der Waals surface area contributed by atoms with Crippen LogP contribution in [0.3, 0.4) is 0 Å². The number of aryl methyl sites for hydroxylation is 1. The van der Waals surface area contributed by atoms with Gasteiger partial charge in [-0.05, 0) is 26.5 Å². The number of hydrogen-bond acceptors (Lipinski definition) is 5. The van der Waals surface area contributed by atoms with Gasteiger partial charge in [0.1, 0.15) is 11.6 Å². The quantitative estimate of drug-likeness (QED) is 0.881. The maximum atomic E-state index is 14.0. The van der Waals surface area contributed by atoms with Gasteiger partial charge in [0.05, 0.1) is 0 Å². The van der Waals surface area contributed by atoms with Crippen molar-refractivity contribution in [1.29, 1.82) is 0 Å². The van der Waals surface area contributed by atoms with E-state index in [-0.39, 0.29) is 18.5 Å². The fraction of sp³-hybridized carbons (Fsp3) is 0.429. The van der Waals surface area contributed by atoms with Crippen LogP contribution >= 0.6 is 0 Å². The Bertz CT molecular complexity index is 571. The Kier molecular flexibility index (Phi) is 4.68. The van der Waals surface area contributed by atoms with E-state index in [1.807, 2.05) is 13.8 Å². The molecule has 1 unspecified atom stereocenters. The smallest absolute Gasteiger partial charge is 0.264 e. The van der Waals surface area contributed by atoms with E-state index in [9.17, 15) is 4.39 Å². The summed E-state index contributed by atoms with van der Waals surface area (Å²) in [6, 6.07) is 4.78. The topological polar surface area (TPSA) is 60.2 Å². The van der Waals surface area contributed by atoms with Crippen molar-refractivity contribution >= 4 is 0 Å². The highest BCUT2D eigenvalue weighted by Gasteiger charge is 2.11. The molecule has 1 aromatic heterocycles. The summed E-state index contributed by atoms with van der Waals surface area (Å²) in [5, 5.41) is 6.82. The fourth-order valence-corrected chi connectivity index (χ4v) is 1.91. The summed E-state index contributed by atoms with van der Waals surface area (Å²) in [7, 11) is 0. The Balaban J connectivity index is 2.01. The van der Waals surface area contributed by atoms with Crippen molar-refractivity contribution in [3.05, 3.63) is 41.3 Å². The van der Waals surface area contributed by atoms with Crippen LogP contribution in [0.1, 0.15) is 37.2 Å². The van der Waals surface area contributed by atoms with E-state index in [0.717, 1.165) is 6.54 Å². The number of ether oxygens (including phenoxy) is 1. The Morgan fingerprint density at radius 1 is 1.45 bits per heavy atom. The van der Waals surface area contributed by atoms with E-state index in [4.69, 9.17) is 9.26 Å². The van der Waals surface area contributed by atoms with Gasteiger partial charge in [-0.1, -0.05) is 18.1 Å². The van der Waals surface area contributed by atoms with Crippen LogP contribution in [-0.4, -0.2) is 16.7 Å². The first-order valence-electron chi connectivity index (χ1n) is 6.55. The minimum absolute atomic E-state index is 0.0346. The minimum Gasteiger partial charge on any atom is -0.484 e. The van der Waals surface area contributed by atoms with Gasteiger partial charge in [0.2, 0.25) is 0 Å². The van der Waals surface area contributed by atoms with Crippen molar-refractivity contribution in [1.82, 2.24) is 15.5 Å². The average Bonchev–Trinajstić information content (AvgIpc) is 2.82. The third-order valence-electron chi connectivity index (χ3n) is 2.88. The number of rotatable bonds is 6. The van der Waals surface area contributed by atoms with Gasteiger partial charge in [-0.2, -0.15) is 4.98 Å². The number of nitrogens with zero attached hydrogens (tertiary/aromatic N) is 2. The second kappa shape index (κ2) is 6.47. The first-order chi connectivity index (χ1) is 9.60. The first kappa shape index (κ1) is 14.5. The van der Waals surface area contributed by atoms with Crippen molar-refractivity contribution in [2.45, 2.75) is 33.4 Å². The molecule has 20 heavy (non-hydrogen) atoms.